The van der Waals surface area contributed by atoms with Crippen LogP contribution in [-0.2, 0) is 4.79 Å². The molecular formula is C21H15BrClN5O2S. The van der Waals surface area contributed by atoms with Gasteiger partial charge in [0.1, 0.15) is 0 Å². The molecule has 1 N–H and O–H groups in total. The van der Waals surface area contributed by atoms with Gasteiger partial charge in [0.15, 0.2) is 6.61 Å². The van der Waals surface area contributed by atoms with Gasteiger partial charge in [-0.1, -0.05) is 39.7 Å². The minimum Gasteiger partial charge on any atom is -0.466 e. The highest BCUT2D eigenvalue weighted by molar-refractivity contribution is 9.10. The number of nitrogens with zero attached hydrogens (tertiary/aromatic N) is 4. The van der Waals surface area contributed by atoms with E-state index in [4.69, 9.17) is 16.3 Å². The van der Waals surface area contributed by atoms with Gasteiger partial charge in [-0.05, 0) is 42.0 Å². The average molecular weight is 517 g/mol. The summed E-state index contributed by atoms with van der Waals surface area (Å²) in [5, 5.41) is 6.93. The fourth-order valence-corrected chi connectivity index (χ4v) is 3.95. The van der Waals surface area contributed by atoms with Gasteiger partial charge in [-0.3, -0.25) is 14.3 Å². The van der Waals surface area contributed by atoms with Crippen molar-refractivity contribution in [2.24, 2.45) is 5.10 Å². The van der Waals surface area contributed by atoms with Crippen molar-refractivity contribution in [3.8, 4) is 22.8 Å². The van der Waals surface area contributed by atoms with Crippen molar-refractivity contribution in [2.75, 3.05) is 6.61 Å². The number of halogens is 2. The van der Waals surface area contributed by atoms with E-state index in [-0.39, 0.29) is 12.5 Å². The third-order valence-electron chi connectivity index (χ3n) is 4.10. The highest BCUT2D eigenvalue weighted by Crippen LogP contribution is 2.25. The summed E-state index contributed by atoms with van der Waals surface area (Å²) < 4.78 is 8.24. The topological polar surface area (TPSA) is 81.4 Å². The van der Waals surface area contributed by atoms with Crippen LogP contribution in [0.15, 0.2) is 82.1 Å². The predicted octanol–water partition coefficient (Wildman–Crippen LogP) is 4.42. The molecule has 0 atom stereocenters. The van der Waals surface area contributed by atoms with Crippen LogP contribution in [0.4, 0.5) is 0 Å². The summed E-state index contributed by atoms with van der Waals surface area (Å²) in [7, 11) is 0. The fraction of sp³-hybridized carbons (Fsp3) is 0.0476. The van der Waals surface area contributed by atoms with Crippen molar-refractivity contribution in [1.82, 2.24) is 20.0 Å². The minimum atomic E-state index is -0.410. The molecule has 2 heterocycles. The van der Waals surface area contributed by atoms with Gasteiger partial charge in [0.05, 0.1) is 11.9 Å². The number of thiazole rings is 1. The average Bonchev–Trinajstić information content (AvgIpc) is 3.22. The molecule has 10 heteroatoms. The van der Waals surface area contributed by atoms with E-state index in [0.717, 1.165) is 21.4 Å². The summed E-state index contributed by atoms with van der Waals surface area (Å²) >= 11 is 10.9. The summed E-state index contributed by atoms with van der Waals surface area (Å²) in [6, 6.07) is 15.4. The largest absolute Gasteiger partial charge is 0.466 e. The van der Waals surface area contributed by atoms with Gasteiger partial charge in [-0.15, -0.1) is 16.4 Å². The van der Waals surface area contributed by atoms with Crippen LogP contribution in [0, 0.1) is 0 Å². The number of hydrogen-bond donors (Lipinski definition) is 1. The zero-order chi connectivity index (χ0) is 21.6. The number of carbonyl (C=O) groups excluding carboxylic acids is 1. The summed E-state index contributed by atoms with van der Waals surface area (Å²) in [5.41, 5.74) is 5.34. The lowest BCUT2D eigenvalue weighted by atomic mass is 10.1. The molecule has 0 fully saturated rings. The number of amides is 1. The van der Waals surface area contributed by atoms with Gasteiger partial charge in [0.2, 0.25) is 10.7 Å². The Labute approximate surface area is 195 Å². The molecule has 0 aliphatic rings. The number of hydrogen-bond acceptors (Lipinski definition) is 6. The van der Waals surface area contributed by atoms with Crippen LogP contribution in [-0.4, -0.2) is 27.0 Å². The van der Waals surface area contributed by atoms with E-state index in [0.29, 0.717) is 9.82 Å². The Kier molecular flexibility index (Phi) is 6.76. The summed E-state index contributed by atoms with van der Waals surface area (Å²) in [6.45, 7) is -0.228. The van der Waals surface area contributed by atoms with Gasteiger partial charge in [-0.25, -0.2) is 10.4 Å². The zero-order valence-electron chi connectivity index (χ0n) is 15.9. The van der Waals surface area contributed by atoms with E-state index in [1.165, 1.54) is 29.9 Å². The SMILES string of the molecule is O=C(COc1cnccn1)N/N=c1\scc(-c2ccc(Br)cc2)n1-c1ccc(Cl)cc1. The third kappa shape index (κ3) is 5.38. The Bertz CT molecular complexity index is 1240. The first kappa shape index (κ1) is 21.2. The van der Waals surface area contributed by atoms with Crippen LogP contribution in [0.3, 0.4) is 0 Å². The first-order chi connectivity index (χ1) is 15.1. The molecule has 7 nitrogen and oxygen atoms in total. The first-order valence-corrected chi connectivity index (χ1v) is 11.1. The third-order valence-corrected chi connectivity index (χ3v) is 5.71. The highest BCUT2D eigenvalue weighted by atomic mass is 79.9. The molecule has 31 heavy (non-hydrogen) atoms. The minimum absolute atomic E-state index is 0.228. The van der Waals surface area contributed by atoms with Crippen LogP contribution in [0.25, 0.3) is 16.9 Å². The Hall–Kier alpha value is -3.01. The molecule has 0 radical (unpaired) electrons. The fourth-order valence-electron chi connectivity index (χ4n) is 2.69. The van der Waals surface area contributed by atoms with Crippen LogP contribution < -0.4 is 15.0 Å². The first-order valence-electron chi connectivity index (χ1n) is 9.04. The smallest absolute Gasteiger partial charge is 0.278 e. The van der Waals surface area contributed by atoms with Crippen molar-refractivity contribution in [3.05, 3.63) is 86.8 Å². The van der Waals surface area contributed by atoms with E-state index in [1.54, 1.807) is 0 Å². The van der Waals surface area contributed by atoms with Gasteiger partial charge >= 0.3 is 0 Å². The van der Waals surface area contributed by atoms with Crippen molar-refractivity contribution < 1.29 is 9.53 Å². The second-order valence-corrected chi connectivity index (χ2v) is 8.39. The molecular weight excluding hydrogens is 502 g/mol. The standard InChI is InChI=1S/C21H15BrClN5O2S/c22-15-3-1-14(2-4-15)18-13-31-21(28(18)17-7-5-16(23)6-8-17)27-26-19(29)12-30-20-11-24-9-10-25-20/h1-11,13H,12H2,(H,26,29)/b27-21-. The van der Waals surface area contributed by atoms with Crippen LogP contribution in [0.5, 0.6) is 5.88 Å². The molecule has 0 saturated carbocycles. The monoisotopic (exact) mass is 515 g/mol. The lowest BCUT2D eigenvalue weighted by Gasteiger charge is -2.10. The Morgan fingerprint density at radius 1 is 1.16 bits per heavy atom. The number of aromatic nitrogens is 3. The second-order valence-electron chi connectivity index (χ2n) is 6.20. The Morgan fingerprint density at radius 2 is 1.94 bits per heavy atom. The molecule has 0 aliphatic heterocycles. The molecule has 0 unspecified atom stereocenters. The van der Waals surface area contributed by atoms with Gasteiger partial charge < -0.3 is 4.74 Å². The maximum absolute atomic E-state index is 12.2. The molecule has 156 valence electrons. The Morgan fingerprint density at radius 3 is 2.65 bits per heavy atom. The highest BCUT2D eigenvalue weighted by Gasteiger charge is 2.11. The molecule has 0 spiro atoms. The molecule has 4 rings (SSSR count). The lowest BCUT2D eigenvalue weighted by molar-refractivity contribution is -0.123. The van der Waals surface area contributed by atoms with Gasteiger partial charge in [0.25, 0.3) is 5.91 Å². The number of carbonyl (C=O) groups is 1. The molecule has 2 aromatic carbocycles. The second kappa shape index (κ2) is 9.86. The quantitative estimate of drug-likeness (QED) is 0.385. The summed E-state index contributed by atoms with van der Waals surface area (Å²) in [4.78, 5) is 20.6. The molecule has 0 saturated heterocycles. The molecule has 0 aliphatic carbocycles. The predicted molar refractivity (Wildman–Crippen MR) is 123 cm³/mol. The van der Waals surface area contributed by atoms with Crippen molar-refractivity contribution >= 4 is 44.8 Å². The van der Waals surface area contributed by atoms with E-state index < -0.39 is 5.91 Å². The van der Waals surface area contributed by atoms with Gasteiger partial charge in [-0.2, -0.15) is 0 Å². The molecule has 2 aromatic heterocycles. The van der Waals surface area contributed by atoms with E-state index in [1.807, 2.05) is 58.5 Å². The van der Waals surface area contributed by atoms with Crippen molar-refractivity contribution in [2.45, 2.75) is 0 Å². The van der Waals surface area contributed by atoms with Crippen LogP contribution >= 0.6 is 38.9 Å². The van der Waals surface area contributed by atoms with Crippen molar-refractivity contribution in [1.29, 1.82) is 0 Å². The number of benzene rings is 2. The number of ether oxygens (including phenoxy) is 1. The molecule has 4 aromatic rings. The van der Waals surface area contributed by atoms with Crippen LogP contribution in [0.2, 0.25) is 5.02 Å². The van der Waals surface area contributed by atoms with E-state index >= 15 is 0 Å². The molecule has 0 bridgehead atoms. The van der Waals surface area contributed by atoms with Gasteiger partial charge in [0, 0.05) is 33.0 Å². The number of nitrogens with one attached hydrogen (secondary N) is 1. The van der Waals surface area contributed by atoms with E-state index in [9.17, 15) is 4.79 Å². The lowest BCUT2D eigenvalue weighted by Crippen LogP contribution is -2.28. The molecule has 1 amide bonds. The maximum Gasteiger partial charge on any atom is 0.278 e. The van der Waals surface area contributed by atoms with Crippen molar-refractivity contribution in [3.63, 3.8) is 0 Å². The maximum atomic E-state index is 12.2. The number of rotatable bonds is 6. The van der Waals surface area contributed by atoms with E-state index in [2.05, 4.69) is 36.4 Å². The zero-order valence-corrected chi connectivity index (χ0v) is 19.1. The summed E-state index contributed by atoms with van der Waals surface area (Å²) in [6.07, 6.45) is 4.45. The normalized spacial score (nSPS) is 11.4. The Balaban J connectivity index is 1.63. The summed E-state index contributed by atoms with van der Waals surface area (Å²) in [5.74, 6) is -0.144. The van der Waals surface area contributed by atoms with Crippen LogP contribution in [0.1, 0.15) is 0 Å².